The Bertz CT molecular complexity index is 786. The number of aliphatic hydroxyl groups is 1. The zero-order valence-corrected chi connectivity index (χ0v) is 12.1. The number of aromatic amines is 1. The monoisotopic (exact) mass is 295 g/mol. The topological polar surface area (TPSA) is 77.9 Å². The molecular weight excluding hydrogens is 278 g/mol. The minimum Gasteiger partial charge on any atom is -0.391 e. The second-order valence-electron chi connectivity index (χ2n) is 5.66. The highest BCUT2D eigenvalue weighted by molar-refractivity contribution is 5.92. The summed E-state index contributed by atoms with van der Waals surface area (Å²) in [5, 5.41) is 17.8. The van der Waals surface area contributed by atoms with Crippen molar-refractivity contribution in [1.29, 1.82) is 0 Å². The van der Waals surface area contributed by atoms with E-state index < -0.39 is 0 Å². The Hall–Kier alpha value is -2.47. The number of nitrogens with one attached hydrogen (secondary N) is 1. The van der Waals surface area contributed by atoms with Crippen LogP contribution in [-0.2, 0) is 0 Å². The van der Waals surface area contributed by atoms with Crippen LogP contribution in [0.2, 0.25) is 0 Å². The highest BCUT2D eigenvalue weighted by atomic mass is 16.3. The van der Waals surface area contributed by atoms with Crippen LogP contribution < -0.4 is 4.90 Å². The molecule has 2 N–H and O–H groups in total. The first-order valence-corrected chi connectivity index (χ1v) is 7.48. The van der Waals surface area contributed by atoms with Gasteiger partial charge in [0.15, 0.2) is 0 Å². The van der Waals surface area contributed by atoms with Gasteiger partial charge in [-0.3, -0.25) is 5.10 Å². The van der Waals surface area contributed by atoms with Gasteiger partial charge in [0.25, 0.3) is 0 Å². The average Bonchev–Trinajstić information content (AvgIpc) is 3.08. The minimum absolute atomic E-state index is 0.282. The molecule has 0 radical (unpaired) electrons. The van der Waals surface area contributed by atoms with Crippen molar-refractivity contribution < 1.29 is 5.11 Å². The fraction of sp³-hybridized carbons (Fsp3) is 0.312. The van der Waals surface area contributed by atoms with Crippen molar-refractivity contribution in [1.82, 2.24) is 20.2 Å². The molecule has 0 amide bonds. The molecule has 112 valence electrons. The number of hydrogen-bond acceptors (Lipinski definition) is 5. The van der Waals surface area contributed by atoms with Crippen LogP contribution in [0.4, 0.5) is 5.82 Å². The van der Waals surface area contributed by atoms with Crippen LogP contribution in [0.1, 0.15) is 12.8 Å². The first-order chi connectivity index (χ1) is 10.8. The molecule has 3 aromatic rings. The van der Waals surface area contributed by atoms with Crippen molar-refractivity contribution in [3.05, 3.63) is 36.9 Å². The highest BCUT2D eigenvalue weighted by Gasteiger charge is 2.20. The summed E-state index contributed by atoms with van der Waals surface area (Å²) in [5.74, 6) is 0.897. The van der Waals surface area contributed by atoms with Crippen LogP contribution in [0.15, 0.2) is 36.9 Å². The van der Waals surface area contributed by atoms with E-state index in [9.17, 15) is 5.11 Å². The van der Waals surface area contributed by atoms with Gasteiger partial charge in [0, 0.05) is 30.2 Å². The summed E-state index contributed by atoms with van der Waals surface area (Å²) in [4.78, 5) is 11.0. The number of fused-ring (bicyclic) bond motifs is 1. The lowest BCUT2D eigenvalue weighted by Gasteiger charge is -2.31. The lowest BCUT2D eigenvalue weighted by Crippen LogP contribution is -2.38. The number of hydrogen-bond donors (Lipinski definition) is 2. The molecule has 4 rings (SSSR count). The lowest BCUT2D eigenvalue weighted by atomic mass is 10.0. The Morgan fingerprint density at radius 2 is 2.18 bits per heavy atom. The van der Waals surface area contributed by atoms with Crippen molar-refractivity contribution in [3.63, 3.8) is 0 Å². The SMILES string of the molecule is OC1CCCN(c2ncnc3ccc(-c4cn[nH]c4)cc23)C1. The Morgan fingerprint density at radius 3 is 3.00 bits per heavy atom. The molecule has 0 aliphatic carbocycles. The number of aliphatic hydroxyl groups excluding tert-OH is 1. The van der Waals surface area contributed by atoms with Gasteiger partial charge in [0.1, 0.15) is 12.1 Å². The van der Waals surface area contributed by atoms with Crippen molar-refractivity contribution in [2.75, 3.05) is 18.0 Å². The maximum Gasteiger partial charge on any atom is 0.139 e. The van der Waals surface area contributed by atoms with Crippen LogP contribution in [0.3, 0.4) is 0 Å². The molecule has 3 heterocycles. The van der Waals surface area contributed by atoms with Crippen molar-refractivity contribution >= 4 is 16.7 Å². The maximum absolute atomic E-state index is 9.92. The molecule has 1 fully saturated rings. The van der Waals surface area contributed by atoms with Gasteiger partial charge in [0.2, 0.25) is 0 Å². The molecule has 1 saturated heterocycles. The summed E-state index contributed by atoms with van der Waals surface area (Å²) in [6.07, 6.45) is 6.82. The Morgan fingerprint density at radius 1 is 1.23 bits per heavy atom. The average molecular weight is 295 g/mol. The third kappa shape index (κ3) is 2.31. The molecule has 1 unspecified atom stereocenters. The smallest absolute Gasteiger partial charge is 0.139 e. The fourth-order valence-corrected chi connectivity index (χ4v) is 3.03. The molecule has 1 aromatic carbocycles. The molecule has 1 aliphatic rings. The molecule has 2 aromatic heterocycles. The van der Waals surface area contributed by atoms with E-state index in [4.69, 9.17) is 0 Å². The summed E-state index contributed by atoms with van der Waals surface area (Å²) in [6, 6.07) is 6.13. The van der Waals surface area contributed by atoms with Crippen LogP contribution in [-0.4, -0.2) is 44.5 Å². The first-order valence-electron chi connectivity index (χ1n) is 7.48. The standard InChI is InChI=1S/C16H17N5O/c22-13-2-1-5-21(9-13)16-14-6-11(12-7-19-20-8-12)3-4-15(14)17-10-18-16/h3-4,6-8,10,13,22H,1-2,5,9H2,(H,19,20). The largest absolute Gasteiger partial charge is 0.391 e. The first kappa shape index (κ1) is 13.2. The van der Waals surface area contributed by atoms with E-state index in [0.29, 0.717) is 6.54 Å². The number of rotatable bonds is 2. The number of nitrogens with zero attached hydrogens (tertiary/aromatic N) is 4. The highest BCUT2D eigenvalue weighted by Crippen LogP contribution is 2.29. The Kier molecular flexibility index (Phi) is 3.23. The van der Waals surface area contributed by atoms with E-state index in [1.54, 1.807) is 12.5 Å². The van der Waals surface area contributed by atoms with Crippen molar-refractivity contribution in [3.8, 4) is 11.1 Å². The number of β-amino-alcohol motifs (C(OH)–C–C–N with tert-alkyl or cyclic N) is 1. The Balaban J connectivity index is 1.82. The number of aromatic nitrogens is 4. The van der Waals surface area contributed by atoms with Crippen molar-refractivity contribution in [2.45, 2.75) is 18.9 Å². The number of piperidine rings is 1. The van der Waals surface area contributed by atoms with Gasteiger partial charge in [-0.05, 0) is 30.5 Å². The van der Waals surface area contributed by atoms with Gasteiger partial charge in [-0.15, -0.1) is 0 Å². The van der Waals surface area contributed by atoms with Gasteiger partial charge in [0.05, 0.1) is 17.8 Å². The number of benzene rings is 1. The van der Waals surface area contributed by atoms with Crippen LogP contribution in [0.5, 0.6) is 0 Å². The van der Waals surface area contributed by atoms with Gasteiger partial charge in [-0.25, -0.2) is 9.97 Å². The summed E-state index contributed by atoms with van der Waals surface area (Å²) >= 11 is 0. The quantitative estimate of drug-likeness (QED) is 0.756. The molecule has 1 atom stereocenters. The third-order valence-electron chi connectivity index (χ3n) is 4.14. The van der Waals surface area contributed by atoms with Crippen LogP contribution >= 0.6 is 0 Å². The predicted octanol–water partition coefficient (Wildman–Crippen LogP) is 1.98. The molecule has 6 heteroatoms. The van der Waals surface area contributed by atoms with E-state index in [0.717, 1.165) is 47.2 Å². The van der Waals surface area contributed by atoms with Gasteiger partial charge >= 0.3 is 0 Å². The number of H-pyrrole nitrogens is 1. The van der Waals surface area contributed by atoms with Crippen LogP contribution in [0, 0.1) is 0 Å². The molecule has 22 heavy (non-hydrogen) atoms. The summed E-state index contributed by atoms with van der Waals surface area (Å²) < 4.78 is 0. The third-order valence-corrected chi connectivity index (χ3v) is 4.14. The van der Waals surface area contributed by atoms with Gasteiger partial charge in [-0.1, -0.05) is 6.07 Å². The lowest BCUT2D eigenvalue weighted by molar-refractivity contribution is 0.154. The van der Waals surface area contributed by atoms with Gasteiger partial charge < -0.3 is 10.0 Å². The normalized spacial score (nSPS) is 18.8. The van der Waals surface area contributed by atoms with E-state index in [1.807, 2.05) is 18.3 Å². The molecular formula is C16H17N5O. The second-order valence-corrected chi connectivity index (χ2v) is 5.66. The van der Waals surface area contributed by atoms with Crippen LogP contribution in [0.25, 0.3) is 22.0 Å². The molecule has 0 saturated carbocycles. The molecule has 1 aliphatic heterocycles. The van der Waals surface area contributed by atoms with Crippen molar-refractivity contribution in [2.24, 2.45) is 0 Å². The fourth-order valence-electron chi connectivity index (χ4n) is 3.03. The van der Waals surface area contributed by atoms with E-state index in [-0.39, 0.29) is 6.10 Å². The molecule has 0 bridgehead atoms. The van der Waals surface area contributed by atoms with E-state index in [2.05, 4.69) is 31.1 Å². The van der Waals surface area contributed by atoms with E-state index in [1.165, 1.54) is 0 Å². The second kappa shape index (κ2) is 5.38. The molecule has 6 nitrogen and oxygen atoms in total. The zero-order chi connectivity index (χ0) is 14.9. The molecule has 0 spiro atoms. The van der Waals surface area contributed by atoms with Gasteiger partial charge in [-0.2, -0.15) is 5.10 Å². The summed E-state index contributed by atoms with van der Waals surface area (Å²) in [6.45, 7) is 1.54. The van der Waals surface area contributed by atoms with E-state index >= 15 is 0 Å². The predicted molar refractivity (Wildman–Crippen MR) is 84.6 cm³/mol. The number of anilines is 1. The zero-order valence-electron chi connectivity index (χ0n) is 12.1. The maximum atomic E-state index is 9.92. The summed E-state index contributed by atoms with van der Waals surface area (Å²) in [5.41, 5.74) is 3.03. The summed E-state index contributed by atoms with van der Waals surface area (Å²) in [7, 11) is 0. The Labute approximate surface area is 127 Å². The minimum atomic E-state index is -0.282.